The van der Waals surface area contributed by atoms with Crippen LogP contribution in [0.15, 0.2) is 63.9 Å². The molecule has 1 saturated heterocycles. The summed E-state index contributed by atoms with van der Waals surface area (Å²) in [6, 6.07) is 16.2. The summed E-state index contributed by atoms with van der Waals surface area (Å²) in [7, 11) is 1.29. The number of piperidine rings is 1. The molecule has 2 aromatic carbocycles. The van der Waals surface area contributed by atoms with Gasteiger partial charge in [-0.1, -0.05) is 74.5 Å². The summed E-state index contributed by atoms with van der Waals surface area (Å²) >= 11 is 1.81. The van der Waals surface area contributed by atoms with E-state index in [9.17, 15) is 14.4 Å². The number of hydrogen-bond donors (Lipinski definition) is 1. The van der Waals surface area contributed by atoms with Crippen molar-refractivity contribution in [2.24, 2.45) is 5.41 Å². The predicted molar refractivity (Wildman–Crippen MR) is 141 cm³/mol. The maximum Gasteiger partial charge on any atom is 0.328 e. The maximum absolute atomic E-state index is 13.0. The van der Waals surface area contributed by atoms with Gasteiger partial charge < -0.3 is 15.0 Å². The second-order valence-electron chi connectivity index (χ2n) is 10.3. The second-order valence-corrected chi connectivity index (χ2v) is 11.4. The Bertz CT molecular complexity index is 1140. The molecular weight excluding hydrogens is 472 g/mol. The number of amides is 2. The molecule has 1 N–H and O–H groups in total. The van der Waals surface area contributed by atoms with Crippen LogP contribution in [0.4, 0.5) is 0 Å². The highest BCUT2D eigenvalue weighted by Crippen LogP contribution is 2.47. The molecule has 4 rings (SSSR count). The molecule has 0 aliphatic carbocycles. The van der Waals surface area contributed by atoms with Crippen molar-refractivity contribution in [3.63, 3.8) is 0 Å². The van der Waals surface area contributed by atoms with Crippen molar-refractivity contribution < 1.29 is 19.1 Å². The van der Waals surface area contributed by atoms with Crippen LogP contribution < -0.4 is 5.32 Å². The van der Waals surface area contributed by atoms with Gasteiger partial charge in [0.2, 0.25) is 11.8 Å². The van der Waals surface area contributed by atoms with Crippen LogP contribution in [0.2, 0.25) is 0 Å². The Morgan fingerprint density at radius 1 is 0.972 bits per heavy atom. The van der Waals surface area contributed by atoms with E-state index in [1.807, 2.05) is 16.7 Å². The van der Waals surface area contributed by atoms with Crippen LogP contribution in [0.3, 0.4) is 0 Å². The van der Waals surface area contributed by atoms with Crippen LogP contribution >= 0.6 is 11.8 Å². The minimum Gasteiger partial charge on any atom is -0.467 e. The standard InChI is InChI=1S/C29H34N2O4S/c1-29(2,3)28(34)30-22(27(33)35-4)13-14-25(32)31-17-15-19(16-18-31)26-20-9-5-7-11-23(20)36-24-12-8-6-10-21(24)26/h5-12,22H,13-18H2,1-4H3,(H,30,34)/t22-/m0/s1. The second kappa shape index (κ2) is 10.9. The van der Waals surface area contributed by atoms with E-state index in [0.717, 1.165) is 12.8 Å². The predicted octanol–water partition coefficient (Wildman–Crippen LogP) is 5.06. The molecule has 7 heteroatoms. The molecule has 2 aromatic rings. The lowest BCUT2D eigenvalue weighted by Gasteiger charge is -2.32. The van der Waals surface area contributed by atoms with Crippen molar-refractivity contribution in [1.82, 2.24) is 10.2 Å². The van der Waals surface area contributed by atoms with Gasteiger partial charge in [0.1, 0.15) is 6.04 Å². The molecule has 190 valence electrons. The van der Waals surface area contributed by atoms with Crippen molar-refractivity contribution in [2.45, 2.75) is 62.3 Å². The fourth-order valence-electron chi connectivity index (χ4n) is 4.64. The van der Waals surface area contributed by atoms with Crippen molar-refractivity contribution in [3.8, 4) is 0 Å². The van der Waals surface area contributed by atoms with E-state index >= 15 is 0 Å². The summed E-state index contributed by atoms with van der Waals surface area (Å²) in [5, 5.41) is 2.74. The third-order valence-corrected chi connectivity index (χ3v) is 7.88. The van der Waals surface area contributed by atoms with Crippen LogP contribution in [-0.2, 0) is 19.1 Å². The lowest BCUT2D eigenvalue weighted by molar-refractivity contribution is -0.146. The quantitative estimate of drug-likeness (QED) is 0.490. The third kappa shape index (κ3) is 5.67. The van der Waals surface area contributed by atoms with Crippen molar-refractivity contribution in [3.05, 3.63) is 65.2 Å². The van der Waals surface area contributed by atoms with Crippen LogP contribution in [0.25, 0.3) is 5.57 Å². The summed E-state index contributed by atoms with van der Waals surface area (Å²) < 4.78 is 4.86. The molecule has 0 aromatic heterocycles. The summed E-state index contributed by atoms with van der Waals surface area (Å²) in [4.78, 5) is 42.0. The van der Waals surface area contributed by atoms with Gasteiger partial charge in [0.15, 0.2) is 0 Å². The molecule has 1 atom stereocenters. The Kier molecular flexibility index (Phi) is 7.88. The first-order valence-electron chi connectivity index (χ1n) is 12.4. The van der Waals surface area contributed by atoms with Crippen molar-refractivity contribution in [1.29, 1.82) is 0 Å². The summed E-state index contributed by atoms with van der Waals surface area (Å²) in [5.74, 6) is -0.776. The Morgan fingerprint density at radius 3 is 2.06 bits per heavy atom. The lowest BCUT2D eigenvalue weighted by Crippen LogP contribution is -2.47. The number of fused-ring (bicyclic) bond motifs is 2. The Balaban J connectivity index is 1.44. The van der Waals surface area contributed by atoms with Crippen molar-refractivity contribution in [2.75, 3.05) is 20.2 Å². The molecule has 0 spiro atoms. The molecule has 6 nitrogen and oxygen atoms in total. The molecule has 0 radical (unpaired) electrons. The number of benzene rings is 2. The van der Waals surface area contributed by atoms with Gasteiger partial charge in [0, 0.05) is 34.7 Å². The van der Waals surface area contributed by atoms with Crippen molar-refractivity contribution >= 4 is 35.1 Å². The minimum absolute atomic E-state index is 0.00189. The van der Waals surface area contributed by atoms with E-state index in [1.54, 1.807) is 20.8 Å². The minimum atomic E-state index is -0.833. The number of nitrogens with one attached hydrogen (secondary N) is 1. The SMILES string of the molecule is COC(=O)[C@H](CCC(=O)N1CCC(=C2c3ccccc3Sc3ccccc32)CC1)NC(=O)C(C)(C)C. The Morgan fingerprint density at radius 2 is 1.53 bits per heavy atom. The Hall–Kier alpha value is -3.06. The van der Waals surface area contributed by atoms with E-state index in [-0.39, 0.29) is 24.7 Å². The number of nitrogens with zero attached hydrogens (tertiary/aromatic N) is 1. The monoisotopic (exact) mass is 506 g/mol. The van der Waals surface area contributed by atoms with Gasteiger partial charge in [-0.2, -0.15) is 0 Å². The molecule has 36 heavy (non-hydrogen) atoms. The highest BCUT2D eigenvalue weighted by molar-refractivity contribution is 7.99. The van der Waals surface area contributed by atoms with Crippen LogP contribution in [0.5, 0.6) is 0 Å². The summed E-state index contributed by atoms with van der Waals surface area (Å²) in [5.41, 5.74) is 4.59. The number of rotatable bonds is 5. The van der Waals surface area contributed by atoms with Gasteiger partial charge in [-0.05, 0) is 48.1 Å². The van der Waals surface area contributed by atoms with Gasteiger partial charge >= 0.3 is 5.97 Å². The van der Waals surface area contributed by atoms with E-state index in [1.165, 1.54) is 39.2 Å². The van der Waals surface area contributed by atoms with Crippen LogP contribution in [0, 0.1) is 5.41 Å². The smallest absolute Gasteiger partial charge is 0.328 e. The van der Waals surface area contributed by atoms with Gasteiger partial charge in [-0.25, -0.2) is 4.79 Å². The normalized spacial score (nSPS) is 16.1. The third-order valence-electron chi connectivity index (χ3n) is 6.73. The van der Waals surface area contributed by atoms with Gasteiger partial charge in [-0.15, -0.1) is 0 Å². The Labute approximate surface area is 217 Å². The van der Waals surface area contributed by atoms with Crippen LogP contribution in [-0.4, -0.2) is 48.9 Å². The zero-order valence-corrected chi connectivity index (χ0v) is 22.2. The first-order valence-corrected chi connectivity index (χ1v) is 13.3. The fraction of sp³-hybridized carbons (Fsp3) is 0.414. The van der Waals surface area contributed by atoms with E-state index in [0.29, 0.717) is 13.1 Å². The molecule has 2 aliphatic heterocycles. The summed E-state index contributed by atoms with van der Waals surface area (Å²) in [6.07, 6.45) is 2.03. The lowest BCUT2D eigenvalue weighted by atomic mass is 9.88. The van der Waals surface area contributed by atoms with E-state index < -0.39 is 17.4 Å². The topological polar surface area (TPSA) is 75.7 Å². The molecule has 2 amide bonds. The largest absolute Gasteiger partial charge is 0.467 e. The van der Waals surface area contributed by atoms with Crippen LogP contribution in [0.1, 0.15) is 57.6 Å². The van der Waals surface area contributed by atoms with E-state index in [2.05, 4.69) is 53.8 Å². The zero-order chi connectivity index (χ0) is 25.9. The fourth-order valence-corrected chi connectivity index (χ4v) is 5.73. The molecular formula is C29H34N2O4S. The highest BCUT2D eigenvalue weighted by Gasteiger charge is 2.30. The van der Waals surface area contributed by atoms with E-state index in [4.69, 9.17) is 4.74 Å². The number of likely N-dealkylation sites (tertiary alicyclic amines) is 1. The first-order chi connectivity index (χ1) is 17.2. The maximum atomic E-state index is 13.0. The highest BCUT2D eigenvalue weighted by atomic mass is 32.2. The number of methoxy groups -OCH3 is 1. The molecule has 0 saturated carbocycles. The average Bonchev–Trinajstić information content (AvgIpc) is 2.88. The molecule has 2 aliphatic rings. The average molecular weight is 507 g/mol. The number of esters is 1. The molecule has 0 bridgehead atoms. The zero-order valence-electron chi connectivity index (χ0n) is 21.4. The van der Waals surface area contributed by atoms with Gasteiger partial charge in [0.25, 0.3) is 0 Å². The van der Waals surface area contributed by atoms with Gasteiger partial charge in [-0.3, -0.25) is 9.59 Å². The first kappa shape index (κ1) is 26.0. The number of carbonyl (C=O) groups is 3. The molecule has 1 fully saturated rings. The number of ether oxygens (including phenoxy) is 1. The molecule has 2 heterocycles. The van der Waals surface area contributed by atoms with Gasteiger partial charge in [0.05, 0.1) is 7.11 Å². The molecule has 0 unspecified atom stereocenters. The number of carbonyl (C=O) groups excluding carboxylic acids is 3. The number of hydrogen-bond acceptors (Lipinski definition) is 5. The summed E-state index contributed by atoms with van der Waals surface area (Å²) in [6.45, 7) is 6.63.